The molecule has 1 aromatic heterocycles. The Labute approximate surface area is 175 Å². The number of nitrogens with one attached hydrogen (secondary N) is 1. The Balaban J connectivity index is 2.61. The number of alkyl halides is 4. The summed E-state index contributed by atoms with van der Waals surface area (Å²) >= 11 is 11.0. The molecular formula is C15H11Cl2F4N3O5S. The first kappa shape index (κ1) is 23.9. The van der Waals surface area contributed by atoms with E-state index in [0.717, 1.165) is 13.1 Å². The van der Waals surface area contributed by atoms with E-state index in [1.165, 1.54) is 0 Å². The zero-order valence-corrected chi connectivity index (χ0v) is 17.1. The third kappa shape index (κ3) is 5.02. The average molecular weight is 492 g/mol. The molecule has 1 N–H and O–H groups in total. The van der Waals surface area contributed by atoms with Crippen LogP contribution in [0.15, 0.2) is 27.8 Å². The lowest BCUT2D eigenvalue weighted by Crippen LogP contribution is -2.41. The minimum Gasteiger partial charge on any atom is -0.292 e. The van der Waals surface area contributed by atoms with Crippen LogP contribution in [-0.4, -0.2) is 28.7 Å². The normalized spacial score (nSPS) is 12.1. The molecule has 1 aromatic carbocycles. The summed E-state index contributed by atoms with van der Waals surface area (Å²) < 4.78 is 77.7. The summed E-state index contributed by atoms with van der Waals surface area (Å²) in [7, 11) is -3.39. The van der Waals surface area contributed by atoms with Gasteiger partial charge in [-0.1, -0.05) is 11.6 Å². The number of carbonyl (C=O) groups excluding carboxylic acids is 1. The Kier molecular flexibility index (Phi) is 6.69. The van der Waals surface area contributed by atoms with Crippen molar-refractivity contribution in [1.82, 2.24) is 13.9 Å². The summed E-state index contributed by atoms with van der Waals surface area (Å²) in [6.45, 7) is 0. The first-order chi connectivity index (χ1) is 13.7. The quantitative estimate of drug-likeness (QED) is 0.504. The molecule has 2 aromatic rings. The first-order valence-electron chi connectivity index (χ1n) is 7.66. The minimum absolute atomic E-state index is 0.106. The lowest BCUT2D eigenvalue weighted by atomic mass is 10.1. The van der Waals surface area contributed by atoms with Crippen molar-refractivity contribution < 1.29 is 30.8 Å². The predicted molar refractivity (Wildman–Crippen MR) is 98.7 cm³/mol. The Morgan fingerprint density at radius 1 is 1.20 bits per heavy atom. The molecule has 0 aliphatic rings. The highest BCUT2D eigenvalue weighted by Crippen LogP contribution is 2.27. The van der Waals surface area contributed by atoms with Gasteiger partial charge in [0.1, 0.15) is 16.7 Å². The molecule has 15 heteroatoms. The van der Waals surface area contributed by atoms with Gasteiger partial charge in [-0.25, -0.2) is 22.2 Å². The molecule has 0 aliphatic heterocycles. The van der Waals surface area contributed by atoms with Crippen LogP contribution in [0.3, 0.4) is 0 Å². The van der Waals surface area contributed by atoms with Crippen molar-refractivity contribution in [2.45, 2.75) is 12.6 Å². The molecule has 8 nitrogen and oxygen atoms in total. The molecule has 0 bridgehead atoms. The highest BCUT2D eigenvalue weighted by molar-refractivity contribution is 7.91. The van der Waals surface area contributed by atoms with E-state index in [4.69, 9.17) is 23.2 Å². The number of sulfonamides is 1. The summed E-state index contributed by atoms with van der Waals surface area (Å²) in [5, 5.41) is -1.27. The molecule has 0 saturated carbocycles. The fourth-order valence-electron chi connectivity index (χ4n) is 2.42. The summed E-state index contributed by atoms with van der Waals surface area (Å²) in [5.41, 5.74) is -5.51. The lowest BCUT2D eigenvalue weighted by molar-refractivity contribution is -0.144. The van der Waals surface area contributed by atoms with Gasteiger partial charge in [-0.15, -0.1) is 11.6 Å². The summed E-state index contributed by atoms with van der Waals surface area (Å²) in [4.78, 5) is 36.3. The highest BCUT2D eigenvalue weighted by atomic mass is 35.5. The molecule has 0 unspecified atom stereocenters. The maximum Gasteiger partial charge on any atom is 0.431 e. The molecule has 0 saturated heterocycles. The number of amides is 1. The Morgan fingerprint density at radius 2 is 1.80 bits per heavy atom. The summed E-state index contributed by atoms with van der Waals surface area (Å²) in [6, 6.07) is 1.51. The molecule has 164 valence electrons. The van der Waals surface area contributed by atoms with Crippen molar-refractivity contribution in [3.05, 3.63) is 61.1 Å². The van der Waals surface area contributed by atoms with E-state index in [9.17, 15) is 40.4 Å². The first-order valence-corrected chi connectivity index (χ1v) is 10.2. The standard InChI is InChI=1S/C15H11Cl2F4N3O5S/c1-23-11(15(19,20)21)5-13(26)24(14(23)27)10-2-7(8(17)4-9(10)18)3-12(25)22-30(28,29)6-16/h2,4-5H,3,6H2,1H3,(H,22,25). The van der Waals surface area contributed by atoms with E-state index in [1.807, 2.05) is 0 Å². The monoisotopic (exact) mass is 491 g/mol. The second kappa shape index (κ2) is 8.40. The molecular weight excluding hydrogens is 481 g/mol. The minimum atomic E-state index is -5.01. The van der Waals surface area contributed by atoms with Crippen molar-refractivity contribution in [3.8, 4) is 5.69 Å². The van der Waals surface area contributed by atoms with E-state index in [1.54, 1.807) is 4.72 Å². The van der Waals surface area contributed by atoms with Crippen LogP contribution in [0, 0.1) is 5.82 Å². The van der Waals surface area contributed by atoms with Crippen molar-refractivity contribution in [2.75, 3.05) is 5.21 Å². The maximum atomic E-state index is 14.4. The van der Waals surface area contributed by atoms with Crippen LogP contribution >= 0.6 is 23.2 Å². The predicted octanol–water partition coefficient (Wildman–Crippen LogP) is 1.53. The third-order valence-corrected chi connectivity index (χ3v) is 5.77. The van der Waals surface area contributed by atoms with Crippen molar-refractivity contribution in [1.29, 1.82) is 0 Å². The van der Waals surface area contributed by atoms with Crippen LogP contribution in [0.4, 0.5) is 17.6 Å². The van der Waals surface area contributed by atoms with Crippen molar-refractivity contribution >= 4 is 39.1 Å². The number of carbonyl (C=O) groups is 1. The number of rotatable bonds is 5. The third-order valence-electron chi connectivity index (χ3n) is 3.73. The highest BCUT2D eigenvalue weighted by Gasteiger charge is 2.35. The molecule has 1 amide bonds. The van der Waals surface area contributed by atoms with Crippen LogP contribution in [0.1, 0.15) is 11.3 Å². The number of hydrogen-bond acceptors (Lipinski definition) is 5. The van der Waals surface area contributed by atoms with Crippen molar-refractivity contribution in [2.24, 2.45) is 7.05 Å². The van der Waals surface area contributed by atoms with Crippen LogP contribution in [0.2, 0.25) is 5.02 Å². The Hall–Kier alpha value is -2.38. The smallest absolute Gasteiger partial charge is 0.292 e. The van der Waals surface area contributed by atoms with Crippen LogP contribution < -0.4 is 16.0 Å². The van der Waals surface area contributed by atoms with E-state index < -0.39 is 62.2 Å². The van der Waals surface area contributed by atoms with E-state index in [-0.39, 0.29) is 25.8 Å². The molecule has 0 aliphatic carbocycles. The number of hydrogen-bond donors (Lipinski definition) is 1. The topological polar surface area (TPSA) is 107 Å². The van der Waals surface area contributed by atoms with Crippen LogP contribution in [-0.2, 0) is 34.5 Å². The molecule has 30 heavy (non-hydrogen) atoms. The fraction of sp³-hybridized carbons (Fsp3) is 0.267. The van der Waals surface area contributed by atoms with Gasteiger partial charge in [0.05, 0.1) is 12.1 Å². The zero-order valence-electron chi connectivity index (χ0n) is 14.8. The van der Waals surface area contributed by atoms with Crippen LogP contribution in [0.5, 0.6) is 0 Å². The van der Waals surface area contributed by atoms with Gasteiger partial charge in [0.25, 0.3) is 5.56 Å². The van der Waals surface area contributed by atoms with Gasteiger partial charge in [0.2, 0.25) is 15.9 Å². The molecule has 1 heterocycles. The summed E-state index contributed by atoms with van der Waals surface area (Å²) in [5.74, 6) is -2.35. The van der Waals surface area contributed by atoms with Gasteiger partial charge in [-0.2, -0.15) is 13.2 Å². The zero-order chi connectivity index (χ0) is 23.0. The van der Waals surface area contributed by atoms with E-state index >= 15 is 0 Å². The number of halogens is 6. The molecule has 0 radical (unpaired) electrons. The largest absolute Gasteiger partial charge is 0.431 e. The molecule has 0 atom stereocenters. The fourth-order valence-corrected chi connectivity index (χ4v) is 3.27. The second-order valence-electron chi connectivity index (χ2n) is 5.86. The van der Waals surface area contributed by atoms with Crippen LogP contribution in [0.25, 0.3) is 5.69 Å². The summed E-state index contributed by atoms with van der Waals surface area (Å²) in [6.07, 6.45) is -5.74. The van der Waals surface area contributed by atoms with Gasteiger partial charge in [0.15, 0.2) is 0 Å². The van der Waals surface area contributed by atoms with Gasteiger partial charge >= 0.3 is 11.9 Å². The number of aromatic nitrogens is 2. The van der Waals surface area contributed by atoms with Gasteiger partial charge in [-0.3, -0.25) is 18.9 Å². The maximum absolute atomic E-state index is 14.4. The molecule has 0 fully saturated rings. The van der Waals surface area contributed by atoms with Gasteiger partial charge in [0, 0.05) is 18.1 Å². The van der Waals surface area contributed by atoms with Gasteiger partial charge < -0.3 is 0 Å². The average Bonchev–Trinajstić information content (AvgIpc) is 2.60. The Bertz CT molecular complexity index is 1240. The second-order valence-corrected chi connectivity index (χ2v) is 8.58. The number of benzene rings is 1. The van der Waals surface area contributed by atoms with E-state index in [2.05, 4.69) is 0 Å². The SMILES string of the molecule is Cn1c(C(F)(F)F)cc(=O)n(-c2cc(CC(=O)NS(=O)(=O)CCl)c(Cl)cc2F)c1=O. The van der Waals surface area contributed by atoms with Crippen molar-refractivity contribution in [3.63, 3.8) is 0 Å². The van der Waals surface area contributed by atoms with E-state index in [0.29, 0.717) is 6.07 Å². The number of nitrogens with zero attached hydrogens (tertiary/aromatic N) is 2. The lowest BCUT2D eigenvalue weighted by Gasteiger charge is -2.15. The molecule has 0 spiro atoms. The van der Waals surface area contributed by atoms with Gasteiger partial charge in [-0.05, 0) is 17.7 Å². The Morgan fingerprint density at radius 3 is 2.33 bits per heavy atom. The molecule has 2 rings (SSSR count).